The quantitative estimate of drug-likeness (QED) is 0.251. The summed E-state index contributed by atoms with van der Waals surface area (Å²) in [4.78, 5) is 35.7. The van der Waals surface area contributed by atoms with Crippen LogP contribution in [0.1, 0.15) is 49.6 Å². The number of aryl methyl sites for hydroxylation is 1. The van der Waals surface area contributed by atoms with E-state index >= 15 is 0 Å². The Morgan fingerprint density at radius 3 is 2.84 bits per heavy atom. The summed E-state index contributed by atoms with van der Waals surface area (Å²) in [5.74, 6) is 0.768. The molecular formula is C30H28N6OS. The minimum absolute atomic E-state index is 0.0171. The van der Waals surface area contributed by atoms with Crippen LogP contribution in [0.5, 0.6) is 0 Å². The number of rotatable bonds is 7. The first-order valence-electron chi connectivity index (χ1n) is 13.0. The maximum atomic E-state index is 12.3. The summed E-state index contributed by atoms with van der Waals surface area (Å²) in [5.41, 5.74) is 8.67. The molecule has 38 heavy (non-hydrogen) atoms. The first-order valence-corrected chi connectivity index (χ1v) is 13.9. The molecule has 0 bridgehead atoms. The van der Waals surface area contributed by atoms with Crippen molar-refractivity contribution < 1.29 is 4.79 Å². The second kappa shape index (κ2) is 10.7. The van der Waals surface area contributed by atoms with Gasteiger partial charge in [-0.25, -0.2) is 4.98 Å². The first-order chi connectivity index (χ1) is 18.7. The highest BCUT2D eigenvalue weighted by atomic mass is 32.1. The van der Waals surface area contributed by atoms with E-state index < -0.39 is 0 Å². The molecule has 2 N–H and O–H groups in total. The number of hydrogen-bond donors (Lipinski definition) is 2. The van der Waals surface area contributed by atoms with Crippen LogP contribution in [0.15, 0.2) is 71.6 Å². The highest BCUT2D eigenvalue weighted by Crippen LogP contribution is 2.32. The lowest BCUT2D eigenvalue weighted by Crippen LogP contribution is -2.11. The Balaban J connectivity index is 1.37. The van der Waals surface area contributed by atoms with Gasteiger partial charge < -0.3 is 10.3 Å². The summed E-state index contributed by atoms with van der Waals surface area (Å²) in [6.45, 7) is 2.82. The van der Waals surface area contributed by atoms with Gasteiger partial charge in [0.2, 0.25) is 5.91 Å². The predicted octanol–water partition coefficient (Wildman–Crippen LogP) is 6.66. The number of hydrogen-bond acceptors (Lipinski definition) is 6. The van der Waals surface area contributed by atoms with Crippen LogP contribution in [0.2, 0.25) is 0 Å². The van der Waals surface area contributed by atoms with E-state index in [-0.39, 0.29) is 5.91 Å². The van der Waals surface area contributed by atoms with E-state index in [9.17, 15) is 4.79 Å². The zero-order valence-electron chi connectivity index (χ0n) is 21.2. The number of anilines is 1. The van der Waals surface area contributed by atoms with Gasteiger partial charge in [0.05, 0.1) is 23.6 Å². The van der Waals surface area contributed by atoms with Crippen molar-refractivity contribution in [3.63, 3.8) is 0 Å². The Hall–Kier alpha value is -4.17. The number of aromatic nitrogens is 4. The molecule has 0 atom stereocenters. The van der Waals surface area contributed by atoms with Gasteiger partial charge in [-0.1, -0.05) is 31.5 Å². The lowest BCUT2D eigenvalue weighted by molar-refractivity contribution is -0.116. The fourth-order valence-corrected chi connectivity index (χ4v) is 5.56. The molecule has 4 aromatic heterocycles. The molecule has 7 nitrogen and oxygen atoms in total. The molecule has 0 spiro atoms. The largest absolute Gasteiger partial charge is 0.335 e. The lowest BCUT2D eigenvalue weighted by Gasteiger charge is -2.12. The minimum atomic E-state index is 0.0171. The molecule has 1 aliphatic rings. The molecule has 190 valence electrons. The highest BCUT2D eigenvalue weighted by molar-refractivity contribution is 7.13. The molecule has 0 aliphatic carbocycles. The topological polar surface area (TPSA) is 95.9 Å². The second-order valence-corrected chi connectivity index (χ2v) is 10.4. The van der Waals surface area contributed by atoms with E-state index in [0.29, 0.717) is 12.1 Å². The van der Waals surface area contributed by atoms with Gasteiger partial charge in [-0.15, -0.1) is 11.3 Å². The number of H-pyrrole nitrogens is 1. The summed E-state index contributed by atoms with van der Waals surface area (Å²) in [5, 5.41) is 5.05. The van der Waals surface area contributed by atoms with Crippen molar-refractivity contribution in [2.45, 2.75) is 39.0 Å². The standard InChI is InChI=1S/C30H28N6OS/c1-2-3-8-27(37)34-22-13-21(15-31-16-22)20-10-9-19-6-4-11-33-29(23(19)14-20)30-35-25-18-32-17-24(28(25)36-30)26-7-5-12-38-26/h5,7,9-10,12-18H,2-4,6,8,11H2,1H3,(H,34,37)(H,35,36). The third-order valence-electron chi connectivity index (χ3n) is 6.76. The van der Waals surface area contributed by atoms with Gasteiger partial charge in [0, 0.05) is 46.9 Å². The van der Waals surface area contributed by atoms with Crippen LogP contribution >= 0.6 is 11.3 Å². The van der Waals surface area contributed by atoms with Gasteiger partial charge in [0.1, 0.15) is 11.2 Å². The number of nitrogens with zero attached hydrogens (tertiary/aromatic N) is 4. The zero-order chi connectivity index (χ0) is 25.9. The molecule has 0 saturated carbocycles. The predicted molar refractivity (Wildman–Crippen MR) is 154 cm³/mol. The summed E-state index contributed by atoms with van der Waals surface area (Å²) in [6.07, 6.45) is 11.5. The van der Waals surface area contributed by atoms with E-state index in [0.717, 1.165) is 81.9 Å². The fraction of sp³-hybridized carbons (Fsp3) is 0.233. The summed E-state index contributed by atoms with van der Waals surface area (Å²) in [7, 11) is 0. The number of aromatic amines is 1. The monoisotopic (exact) mass is 520 g/mol. The number of carbonyl (C=O) groups is 1. The molecule has 5 aromatic rings. The van der Waals surface area contributed by atoms with Crippen LogP contribution in [-0.4, -0.2) is 38.1 Å². The molecule has 0 saturated heterocycles. The number of amides is 1. The Labute approximate surface area is 225 Å². The molecule has 6 rings (SSSR count). The molecule has 0 fully saturated rings. The van der Waals surface area contributed by atoms with Crippen molar-refractivity contribution in [1.29, 1.82) is 0 Å². The van der Waals surface area contributed by atoms with Gasteiger partial charge in [-0.05, 0) is 54.0 Å². The van der Waals surface area contributed by atoms with E-state index in [1.54, 1.807) is 17.5 Å². The Morgan fingerprint density at radius 1 is 1.05 bits per heavy atom. The van der Waals surface area contributed by atoms with Gasteiger partial charge >= 0.3 is 0 Å². The van der Waals surface area contributed by atoms with E-state index in [1.807, 2.05) is 30.7 Å². The van der Waals surface area contributed by atoms with Gasteiger partial charge in [-0.2, -0.15) is 0 Å². The van der Waals surface area contributed by atoms with Crippen molar-refractivity contribution >= 4 is 39.7 Å². The van der Waals surface area contributed by atoms with Crippen molar-refractivity contribution in [3.8, 4) is 21.6 Å². The molecular weight excluding hydrogens is 492 g/mol. The number of unbranched alkanes of at least 4 members (excludes halogenated alkanes) is 1. The maximum absolute atomic E-state index is 12.3. The third-order valence-corrected chi connectivity index (χ3v) is 7.66. The van der Waals surface area contributed by atoms with E-state index in [4.69, 9.17) is 9.98 Å². The first kappa shape index (κ1) is 24.2. The molecule has 1 amide bonds. The average Bonchev–Trinajstić information content (AvgIpc) is 3.58. The van der Waals surface area contributed by atoms with Crippen LogP contribution in [-0.2, 0) is 11.2 Å². The van der Waals surface area contributed by atoms with Gasteiger partial charge in [-0.3, -0.25) is 19.8 Å². The summed E-state index contributed by atoms with van der Waals surface area (Å²) in [6, 6.07) is 12.6. The van der Waals surface area contributed by atoms with E-state index in [2.05, 4.69) is 56.8 Å². The Morgan fingerprint density at radius 2 is 1.97 bits per heavy atom. The normalized spacial score (nSPS) is 13.1. The average molecular weight is 521 g/mol. The number of fused-ring (bicyclic) bond motifs is 2. The van der Waals surface area contributed by atoms with Crippen molar-refractivity contribution in [1.82, 2.24) is 19.9 Å². The molecule has 1 aliphatic heterocycles. The number of benzene rings is 1. The number of nitrogens with one attached hydrogen (secondary N) is 2. The van der Waals surface area contributed by atoms with Crippen LogP contribution < -0.4 is 5.32 Å². The molecule has 5 heterocycles. The molecule has 8 heteroatoms. The summed E-state index contributed by atoms with van der Waals surface area (Å²) < 4.78 is 0. The van der Waals surface area contributed by atoms with Crippen LogP contribution in [0.25, 0.3) is 32.6 Å². The number of carbonyl (C=O) groups excluding carboxylic acids is 1. The highest BCUT2D eigenvalue weighted by Gasteiger charge is 2.20. The number of imidazole rings is 1. The van der Waals surface area contributed by atoms with Gasteiger partial charge in [0.25, 0.3) is 0 Å². The SMILES string of the molecule is CCCCC(=O)Nc1cncc(-c2ccc3c(c2)C(c2nc4c(-c5cccs5)cncc4[nH]2)=NCCC3)c1. The van der Waals surface area contributed by atoms with Crippen LogP contribution in [0.3, 0.4) is 0 Å². The third kappa shape index (κ3) is 4.87. The number of pyridine rings is 2. The molecule has 0 unspecified atom stereocenters. The van der Waals surface area contributed by atoms with E-state index in [1.165, 1.54) is 5.56 Å². The summed E-state index contributed by atoms with van der Waals surface area (Å²) >= 11 is 1.68. The number of aliphatic imine (C=N–C) groups is 1. The minimum Gasteiger partial charge on any atom is -0.335 e. The Kier molecular flexibility index (Phi) is 6.79. The second-order valence-electron chi connectivity index (χ2n) is 9.47. The fourth-order valence-electron chi connectivity index (χ4n) is 4.83. The van der Waals surface area contributed by atoms with Crippen molar-refractivity contribution in [2.75, 3.05) is 11.9 Å². The number of thiophene rings is 1. The Bertz CT molecular complexity index is 1640. The zero-order valence-corrected chi connectivity index (χ0v) is 22.0. The molecule has 0 radical (unpaired) electrons. The van der Waals surface area contributed by atoms with Gasteiger partial charge in [0.15, 0.2) is 5.82 Å². The van der Waals surface area contributed by atoms with Crippen LogP contribution in [0.4, 0.5) is 5.69 Å². The smallest absolute Gasteiger partial charge is 0.224 e. The molecule has 1 aromatic carbocycles. The lowest BCUT2D eigenvalue weighted by atomic mass is 9.95. The maximum Gasteiger partial charge on any atom is 0.224 e. The van der Waals surface area contributed by atoms with Crippen molar-refractivity contribution in [3.05, 3.63) is 83.5 Å². The van der Waals surface area contributed by atoms with Crippen molar-refractivity contribution in [2.24, 2.45) is 4.99 Å². The van der Waals surface area contributed by atoms with Crippen LogP contribution in [0, 0.1) is 0 Å².